The van der Waals surface area contributed by atoms with E-state index in [2.05, 4.69) is 37.7 Å². The number of rotatable bonds is 8. The van der Waals surface area contributed by atoms with Crippen molar-refractivity contribution >= 4 is 15.9 Å². The predicted octanol–water partition coefficient (Wildman–Crippen LogP) is 3.09. The van der Waals surface area contributed by atoms with Gasteiger partial charge in [-0.2, -0.15) is 0 Å². The molecule has 6 heteroatoms. The van der Waals surface area contributed by atoms with E-state index in [0.29, 0.717) is 5.92 Å². The fourth-order valence-electron chi connectivity index (χ4n) is 2.30. The largest absolute Gasteiger partial charge is 0.493 e. The van der Waals surface area contributed by atoms with E-state index in [9.17, 15) is 0 Å². The molecule has 120 valence electrons. The molecule has 1 unspecified atom stereocenters. The average Bonchev–Trinajstić information content (AvgIpc) is 3.01. The van der Waals surface area contributed by atoms with E-state index in [-0.39, 0.29) is 0 Å². The molecule has 0 saturated heterocycles. The highest BCUT2D eigenvalue weighted by Crippen LogP contribution is 2.33. The Hall–Kier alpha value is -1.53. The molecule has 0 radical (unpaired) electrons. The summed E-state index contributed by atoms with van der Waals surface area (Å²) < 4.78 is 13.7. The van der Waals surface area contributed by atoms with Gasteiger partial charge in [0.15, 0.2) is 11.5 Å². The van der Waals surface area contributed by atoms with Gasteiger partial charge in [-0.25, -0.2) is 4.98 Å². The van der Waals surface area contributed by atoms with Gasteiger partial charge < -0.3 is 19.4 Å². The van der Waals surface area contributed by atoms with Crippen LogP contribution in [0.25, 0.3) is 0 Å². The molecule has 5 nitrogen and oxygen atoms in total. The topological polar surface area (TPSA) is 48.3 Å². The maximum atomic E-state index is 5.35. The number of aromatic nitrogens is 2. The summed E-state index contributed by atoms with van der Waals surface area (Å²) in [7, 11) is 3.29. The quantitative estimate of drug-likeness (QED) is 0.778. The first kappa shape index (κ1) is 16.8. The number of nitrogens with one attached hydrogen (secondary N) is 1. The molecule has 2 aromatic rings. The van der Waals surface area contributed by atoms with Crippen LogP contribution >= 0.6 is 15.9 Å². The van der Waals surface area contributed by atoms with Gasteiger partial charge in [-0.3, -0.25) is 0 Å². The number of imidazole rings is 1. The molecule has 0 saturated carbocycles. The Balaban J connectivity index is 1.88. The van der Waals surface area contributed by atoms with E-state index in [0.717, 1.165) is 41.2 Å². The third-order valence-corrected chi connectivity index (χ3v) is 4.18. The number of ether oxygens (including phenoxy) is 2. The van der Waals surface area contributed by atoms with Crippen LogP contribution in [0, 0.1) is 5.92 Å². The zero-order valence-electron chi connectivity index (χ0n) is 13.2. The number of benzene rings is 1. The van der Waals surface area contributed by atoms with E-state index < -0.39 is 0 Å². The van der Waals surface area contributed by atoms with E-state index in [1.54, 1.807) is 20.4 Å². The molecule has 1 N–H and O–H groups in total. The highest BCUT2D eigenvalue weighted by molar-refractivity contribution is 9.10. The summed E-state index contributed by atoms with van der Waals surface area (Å²) in [6.07, 6.45) is 5.64. The minimum Gasteiger partial charge on any atom is -0.493 e. The third kappa shape index (κ3) is 4.48. The molecule has 1 atom stereocenters. The Morgan fingerprint density at radius 1 is 1.27 bits per heavy atom. The fraction of sp³-hybridized carbons (Fsp3) is 0.438. The van der Waals surface area contributed by atoms with Gasteiger partial charge in [0.2, 0.25) is 0 Å². The molecule has 22 heavy (non-hydrogen) atoms. The Kier molecular flexibility index (Phi) is 6.27. The summed E-state index contributed by atoms with van der Waals surface area (Å²) in [6.45, 7) is 4.88. The molecule has 1 aromatic heterocycles. The van der Waals surface area contributed by atoms with Gasteiger partial charge in [-0.15, -0.1) is 0 Å². The maximum Gasteiger partial charge on any atom is 0.161 e. The minimum absolute atomic E-state index is 0.521. The van der Waals surface area contributed by atoms with Crippen LogP contribution in [0.3, 0.4) is 0 Å². The van der Waals surface area contributed by atoms with E-state index >= 15 is 0 Å². The second kappa shape index (κ2) is 8.19. The predicted molar refractivity (Wildman–Crippen MR) is 90.3 cm³/mol. The molecule has 1 heterocycles. The highest BCUT2D eigenvalue weighted by Gasteiger charge is 2.10. The molecule has 0 spiro atoms. The van der Waals surface area contributed by atoms with Gasteiger partial charge in [0.1, 0.15) is 0 Å². The second-order valence-corrected chi connectivity index (χ2v) is 6.15. The van der Waals surface area contributed by atoms with Gasteiger partial charge >= 0.3 is 0 Å². The molecule has 1 aromatic carbocycles. The standard InChI is InChI=1S/C16H22BrN3O2/c1-12(10-20-5-4-18-11-20)8-19-9-13-6-15(21-2)16(22-3)7-14(13)17/h4-7,11-12,19H,8-10H2,1-3H3. The first-order valence-electron chi connectivity index (χ1n) is 7.21. The van der Waals surface area contributed by atoms with Crippen LogP contribution in [-0.4, -0.2) is 30.3 Å². The van der Waals surface area contributed by atoms with Crippen LogP contribution in [0.15, 0.2) is 35.3 Å². The number of methoxy groups -OCH3 is 2. The Morgan fingerprint density at radius 3 is 2.64 bits per heavy atom. The van der Waals surface area contributed by atoms with Crippen molar-refractivity contribution in [2.75, 3.05) is 20.8 Å². The Bertz CT molecular complexity index is 587. The second-order valence-electron chi connectivity index (χ2n) is 5.29. The lowest BCUT2D eigenvalue weighted by Gasteiger charge is -2.15. The van der Waals surface area contributed by atoms with Crippen LogP contribution in [0.2, 0.25) is 0 Å². The van der Waals surface area contributed by atoms with Crippen molar-refractivity contribution in [2.45, 2.75) is 20.0 Å². The highest BCUT2D eigenvalue weighted by atomic mass is 79.9. The monoisotopic (exact) mass is 367 g/mol. The molecule has 0 amide bonds. The van der Waals surface area contributed by atoms with Crippen LogP contribution in [-0.2, 0) is 13.1 Å². The van der Waals surface area contributed by atoms with Crippen LogP contribution in [0.1, 0.15) is 12.5 Å². The van der Waals surface area contributed by atoms with E-state index in [1.807, 2.05) is 24.7 Å². The summed E-state index contributed by atoms with van der Waals surface area (Å²) >= 11 is 3.58. The first-order chi connectivity index (χ1) is 10.6. The van der Waals surface area contributed by atoms with E-state index in [1.165, 1.54) is 0 Å². The van der Waals surface area contributed by atoms with Gasteiger partial charge in [0.05, 0.1) is 20.5 Å². The van der Waals surface area contributed by atoms with Gasteiger partial charge in [0.25, 0.3) is 0 Å². The molecule has 0 aliphatic rings. The van der Waals surface area contributed by atoms with Gasteiger partial charge in [0, 0.05) is 30.0 Å². The SMILES string of the molecule is COc1cc(Br)c(CNCC(C)Cn2ccnc2)cc1OC. The van der Waals surface area contributed by atoms with Crippen molar-refractivity contribution in [2.24, 2.45) is 5.92 Å². The minimum atomic E-state index is 0.521. The summed E-state index contributed by atoms with van der Waals surface area (Å²) in [6, 6.07) is 3.93. The number of hydrogen-bond donors (Lipinski definition) is 1. The third-order valence-electron chi connectivity index (χ3n) is 3.44. The summed E-state index contributed by atoms with van der Waals surface area (Å²) in [5.74, 6) is 1.99. The molecular weight excluding hydrogens is 346 g/mol. The average molecular weight is 368 g/mol. The van der Waals surface area contributed by atoms with Crippen molar-refractivity contribution in [3.63, 3.8) is 0 Å². The Labute approximate surface area is 139 Å². The first-order valence-corrected chi connectivity index (χ1v) is 8.00. The van der Waals surface area contributed by atoms with Crippen LogP contribution < -0.4 is 14.8 Å². The zero-order valence-corrected chi connectivity index (χ0v) is 14.8. The van der Waals surface area contributed by atoms with Gasteiger partial charge in [-0.05, 0) is 30.2 Å². The molecule has 0 aliphatic heterocycles. The Morgan fingerprint density at radius 2 is 2.00 bits per heavy atom. The fourth-order valence-corrected chi connectivity index (χ4v) is 2.77. The lowest BCUT2D eigenvalue weighted by Crippen LogP contribution is -2.23. The summed E-state index contributed by atoms with van der Waals surface area (Å²) in [5.41, 5.74) is 1.15. The molecule has 0 aliphatic carbocycles. The van der Waals surface area contributed by atoms with Crippen molar-refractivity contribution < 1.29 is 9.47 Å². The van der Waals surface area contributed by atoms with Crippen molar-refractivity contribution in [3.8, 4) is 11.5 Å². The molecular formula is C16H22BrN3O2. The molecule has 0 bridgehead atoms. The van der Waals surface area contributed by atoms with Gasteiger partial charge in [-0.1, -0.05) is 22.9 Å². The summed E-state index contributed by atoms with van der Waals surface area (Å²) in [4.78, 5) is 4.06. The molecule has 2 rings (SSSR count). The smallest absolute Gasteiger partial charge is 0.161 e. The van der Waals surface area contributed by atoms with Crippen molar-refractivity contribution in [3.05, 3.63) is 40.9 Å². The lowest BCUT2D eigenvalue weighted by molar-refractivity contribution is 0.354. The summed E-state index contributed by atoms with van der Waals surface area (Å²) in [5, 5.41) is 3.48. The van der Waals surface area contributed by atoms with Crippen molar-refractivity contribution in [1.29, 1.82) is 0 Å². The number of nitrogens with zero attached hydrogens (tertiary/aromatic N) is 2. The zero-order chi connectivity index (χ0) is 15.9. The number of hydrogen-bond acceptors (Lipinski definition) is 4. The van der Waals surface area contributed by atoms with Crippen LogP contribution in [0.4, 0.5) is 0 Å². The number of halogens is 1. The maximum absolute atomic E-state index is 5.35. The van der Waals surface area contributed by atoms with Crippen molar-refractivity contribution in [1.82, 2.24) is 14.9 Å². The normalized spacial score (nSPS) is 12.2. The lowest BCUT2D eigenvalue weighted by atomic mass is 10.1. The van der Waals surface area contributed by atoms with E-state index in [4.69, 9.17) is 9.47 Å². The van der Waals surface area contributed by atoms with Crippen LogP contribution in [0.5, 0.6) is 11.5 Å². The molecule has 0 fully saturated rings.